The standard InChI is InChI=1S/C70H114O6/c1-4-7-10-13-16-19-22-25-28-31-33-34-35-36-37-40-42-45-48-51-54-57-60-63-69(72)75-66-67(65-74-68(71)62-59-56-53-50-47-44-41-38-30-27-24-21-18-15-12-9-6-3)76-70(73)64-61-58-55-52-49-46-43-39-32-29-26-23-20-17-14-11-8-5-2/h7,9-10,12,16,18-21,23,25,27-30,32-34,41,44,50,53,67H,4-6,8,11,13-15,17,22,24,26,31,35-40,42-43,45-49,51-52,54-66H2,1-3H3/b10-7-,12-9-,19-16-,21-18-,23-20-,28-25-,30-27-,32-29-,34-33-,44-41-,53-50-. The maximum atomic E-state index is 12.9. The molecular formula is C70H114O6. The Morgan fingerprint density at radius 3 is 0.855 bits per heavy atom. The molecule has 0 radical (unpaired) electrons. The molecule has 6 nitrogen and oxygen atoms in total. The van der Waals surface area contributed by atoms with Crippen molar-refractivity contribution in [2.45, 2.75) is 277 Å². The van der Waals surface area contributed by atoms with Gasteiger partial charge in [0.15, 0.2) is 6.10 Å². The zero-order valence-corrected chi connectivity index (χ0v) is 49.2. The first-order valence-electron chi connectivity index (χ1n) is 31.2. The van der Waals surface area contributed by atoms with Crippen LogP contribution in [0.4, 0.5) is 0 Å². The highest BCUT2D eigenvalue weighted by Crippen LogP contribution is 2.15. The van der Waals surface area contributed by atoms with Crippen LogP contribution >= 0.6 is 0 Å². The van der Waals surface area contributed by atoms with Gasteiger partial charge in [0.05, 0.1) is 0 Å². The molecule has 0 amide bonds. The molecule has 0 aromatic carbocycles. The summed E-state index contributed by atoms with van der Waals surface area (Å²) in [5.41, 5.74) is 0. The minimum absolute atomic E-state index is 0.105. The smallest absolute Gasteiger partial charge is 0.306 e. The van der Waals surface area contributed by atoms with Crippen LogP contribution in [0.2, 0.25) is 0 Å². The third kappa shape index (κ3) is 60.4. The van der Waals surface area contributed by atoms with Crippen molar-refractivity contribution in [1.29, 1.82) is 0 Å². The van der Waals surface area contributed by atoms with Gasteiger partial charge in [0.2, 0.25) is 0 Å². The van der Waals surface area contributed by atoms with Crippen LogP contribution in [0.3, 0.4) is 0 Å². The van der Waals surface area contributed by atoms with Gasteiger partial charge in [-0.3, -0.25) is 14.4 Å². The lowest BCUT2D eigenvalue weighted by atomic mass is 10.1. The van der Waals surface area contributed by atoms with Gasteiger partial charge < -0.3 is 14.2 Å². The van der Waals surface area contributed by atoms with E-state index in [0.717, 1.165) is 116 Å². The molecule has 0 fully saturated rings. The van der Waals surface area contributed by atoms with Crippen molar-refractivity contribution in [1.82, 2.24) is 0 Å². The van der Waals surface area contributed by atoms with E-state index in [0.29, 0.717) is 19.3 Å². The fourth-order valence-electron chi connectivity index (χ4n) is 8.26. The summed E-state index contributed by atoms with van der Waals surface area (Å²) >= 11 is 0. The third-order valence-corrected chi connectivity index (χ3v) is 12.9. The van der Waals surface area contributed by atoms with Crippen molar-refractivity contribution in [2.24, 2.45) is 0 Å². The highest BCUT2D eigenvalue weighted by Gasteiger charge is 2.19. The zero-order chi connectivity index (χ0) is 55.0. The van der Waals surface area contributed by atoms with Gasteiger partial charge in [-0.05, 0) is 128 Å². The van der Waals surface area contributed by atoms with Gasteiger partial charge in [-0.2, -0.15) is 0 Å². The lowest BCUT2D eigenvalue weighted by molar-refractivity contribution is -0.167. The molecule has 0 aliphatic heterocycles. The summed E-state index contributed by atoms with van der Waals surface area (Å²) in [4.78, 5) is 38.3. The van der Waals surface area contributed by atoms with E-state index >= 15 is 0 Å². The molecule has 76 heavy (non-hydrogen) atoms. The van der Waals surface area contributed by atoms with E-state index < -0.39 is 6.10 Å². The van der Waals surface area contributed by atoms with E-state index in [1.807, 2.05) is 0 Å². The Kier molecular flexibility index (Phi) is 59.4. The first-order valence-corrected chi connectivity index (χ1v) is 31.2. The van der Waals surface area contributed by atoms with Gasteiger partial charge in [-0.15, -0.1) is 0 Å². The van der Waals surface area contributed by atoms with Crippen molar-refractivity contribution in [3.63, 3.8) is 0 Å². The fraction of sp³-hybridized carbons (Fsp3) is 0.643. The Bertz CT molecular complexity index is 1630. The second-order valence-corrected chi connectivity index (χ2v) is 20.2. The number of carbonyl (C=O) groups excluding carboxylic acids is 3. The predicted molar refractivity (Wildman–Crippen MR) is 329 cm³/mol. The van der Waals surface area contributed by atoms with Crippen LogP contribution in [0.25, 0.3) is 0 Å². The molecule has 0 aromatic heterocycles. The number of hydrogen-bond donors (Lipinski definition) is 0. The largest absolute Gasteiger partial charge is 0.462 e. The fourth-order valence-corrected chi connectivity index (χ4v) is 8.26. The van der Waals surface area contributed by atoms with Gasteiger partial charge in [0.1, 0.15) is 13.2 Å². The molecule has 0 heterocycles. The lowest BCUT2D eigenvalue weighted by Crippen LogP contribution is -2.30. The van der Waals surface area contributed by atoms with E-state index in [1.54, 1.807) is 0 Å². The van der Waals surface area contributed by atoms with Crippen LogP contribution < -0.4 is 0 Å². The van der Waals surface area contributed by atoms with E-state index in [4.69, 9.17) is 14.2 Å². The van der Waals surface area contributed by atoms with Crippen molar-refractivity contribution < 1.29 is 28.6 Å². The van der Waals surface area contributed by atoms with Crippen LogP contribution in [0.15, 0.2) is 134 Å². The molecule has 0 aliphatic carbocycles. The third-order valence-electron chi connectivity index (χ3n) is 12.9. The molecule has 0 spiro atoms. The summed E-state index contributed by atoms with van der Waals surface area (Å²) < 4.78 is 16.9. The van der Waals surface area contributed by atoms with Crippen LogP contribution in [0.5, 0.6) is 0 Å². The SMILES string of the molecule is CC/C=C\C/C=C\C/C=C\C/C=C\C/C=C\CCCC(=O)OCC(COC(=O)CCCCCCCCCCCC/C=C\C/C=C\C/C=C\C/C=C\CC)OC(=O)CCCCCCCCC/C=C\C/C=C\CCCCCC. The first kappa shape index (κ1) is 71.5. The van der Waals surface area contributed by atoms with E-state index in [9.17, 15) is 14.4 Å². The Labute approximate surface area is 468 Å². The number of carbonyl (C=O) groups is 3. The maximum absolute atomic E-state index is 12.9. The number of rotatable bonds is 55. The average molecular weight is 1050 g/mol. The van der Waals surface area contributed by atoms with E-state index in [2.05, 4.69) is 154 Å². The maximum Gasteiger partial charge on any atom is 0.306 e. The predicted octanol–water partition coefficient (Wildman–Crippen LogP) is 21.4. The lowest BCUT2D eigenvalue weighted by Gasteiger charge is -2.18. The highest BCUT2D eigenvalue weighted by molar-refractivity contribution is 5.71. The molecule has 6 heteroatoms. The molecule has 0 rings (SSSR count). The normalized spacial score (nSPS) is 13.0. The summed E-state index contributed by atoms with van der Waals surface area (Å²) in [6, 6.07) is 0. The van der Waals surface area contributed by atoms with Gasteiger partial charge in [-0.25, -0.2) is 0 Å². The van der Waals surface area contributed by atoms with Crippen molar-refractivity contribution in [2.75, 3.05) is 13.2 Å². The van der Waals surface area contributed by atoms with Gasteiger partial charge in [0.25, 0.3) is 0 Å². The summed E-state index contributed by atoms with van der Waals surface area (Å²) in [6.07, 6.45) is 88.8. The summed E-state index contributed by atoms with van der Waals surface area (Å²) in [5, 5.41) is 0. The minimum Gasteiger partial charge on any atom is -0.462 e. The van der Waals surface area contributed by atoms with Crippen LogP contribution in [0.1, 0.15) is 271 Å². The minimum atomic E-state index is -0.813. The van der Waals surface area contributed by atoms with E-state index in [1.165, 1.54) is 109 Å². The molecule has 0 N–H and O–H groups in total. The molecule has 0 saturated carbocycles. The highest BCUT2D eigenvalue weighted by atomic mass is 16.6. The summed E-state index contributed by atoms with van der Waals surface area (Å²) in [7, 11) is 0. The number of ether oxygens (including phenoxy) is 3. The van der Waals surface area contributed by atoms with Crippen LogP contribution in [0, 0.1) is 0 Å². The molecule has 1 unspecified atom stereocenters. The molecule has 0 bridgehead atoms. The molecule has 1 atom stereocenters. The Morgan fingerprint density at radius 2 is 0.526 bits per heavy atom. The number of hydrogen-bond acceptors (Lipinski definition) is 6. The summed E-state index contributed by atoms with van der Waals surface area (Å²) in [6.45, 7) is 6.35. The molecule has 0 saturated heterocycles. The average Bonchev–Trinajstić information content (AvgIpc) is 3.42. The number of unbranched alkanes of at least 4 members (excludes halogenated alkanes) is 22. The Balaban J connectivity index is 4.47. The summed E-state index contributed by atoms with van der Waals surface area (Å²) in [5.74, 6) is -0.976. The van der Waals surface area contributed by atoms with Crippen LogP contribution in [-0.2, 0) is 28.6 Å². The van der Waals surface area contributed by atoms with Crippen molar-refractivity contribution in [3.8, 4) is 0 Å². The number of esters is 3. The second kappa shape index (κ2) is 63.1. The second-order valence-electron chi connectivity index (χ2n) is 20.2. The van der Waals surface area contributed by atoms with Crippen molar-refractivity contribution >= 4 is 17.9 Å². The van der Waals surface area contributed by atoms with Crippen LogP contribution in [-0.4, -0.2) is 37.2 Å². The van der Waals surface area contributed by atoms with Crippen molar-refractivity contribution in [3.05, 3.63) is 134 Å². The van der Waals surface area contributed by atoms with Gasteiger partial charge in [0, 0.05) is 19.3 Å². The monoisotopic (exact) mass is 1050 g/mol. The first-order chi connectivity index (χ1) is 37.5. The Morgan fingerprint density at radius 1 is 0.276 bits per heavy atom. The number of allylic oxidation sites excluding steroid dienone is 22. The van der Waals surface area contributed by atoms with Gasteiger partial charge >= 0.3 is 17.9 Å². The molecule has 430 valence electrons. The zero-order valence-electron chi connectivity index (χ0n) is 49.2. The molecule has 0 aliphatic rings. The topological polar surface area (TPSA) is 78.9 Å². The van der Waals surface area contributed by atoms with Gasteiger partial charge in [-0.1, -0.05) is 257 Å². The van der Waals surface area contributed by atoms with E-state index in [-0.39, 0.29) is 37.5 Å². The quantitative estimate of drug-likeness (QED) is 0.0261. The Hall–Kier alpha value is -4.45. The molecular weight excluding hydrogens is 937 g/mol. The molecule has 0 aromatic rings.